The summed E-state index contributed by atoms with van der Waals surface area (Å²) in [4.78, 5) is 12.2. The zero-order valence-corrected chi connectivity index (χ0v) is 11.9. The lowest BCUT2D eigenvalue weighted by molar-refractivity contribution is 0.0946. The smallest absolute Gasteiger partial charge is 0.251 e. The fraction of sp³-hybridized carbons (Fsp3) is 0.353. The molecule has 3 N–H and O–H groups in total. The number of amides is 1. The molecule has 0 aliphatic heterocycles. The minimum Gasteiger partial charge on any atom is -0.352 e. The van der Waals surface area contributed by atoms with Crippen molar-refractivity contribution in [2.45, 2.75) is 19.8 Å². The Bertz CT molecular complexity index is 580. The molecule has 2 rings (SSSR count). The molecule has 2 aromatic carbocycles. The van der Waals surface area contributed by atoms with Crippen molar-refractivity contribution < 1.29 is 4.79 Å². The van der Waals surface area contributed by atoms with E-state index in [4.69, 9.17) is 5.73 Å². The van der Waals surface area contributed by atoms with Crippen LogP contribution in [0.4, 0.5) is 0 Å². The second-order valence-corrected chi connectivity index (χ2v) is 5.12. The van der Waals surface area contributed by atoms with E-state index in [-0.39, 0.29) is 5.91 Å². The quantitative estimate of drug-likeness (QED) is 0.848. The van der Waals surface area contributed by atoms with Gasteiger partial charge in [-0.1, -0.05) is 43.7 Å². The molecule has 0 radical (unpaired) electrons. The minimum absolute atomic E-state index is 0.00813. The van der Waals surface area contributed by atoms with E-state index < -0.39 is 0 Å². The summed E-state index contributed by atoms with van der Waals surface area (Å²) in [6.45, 7) is 3.49. The molecule has 1 amide bonds. The van der Waals surface area contributed by atoms with Gasteiger partial charge in [-0.3, -0.25) is 4.79 Å². The van der Waals surface area contributed by atoms with Crippen LogP contribution in [0.15, 0.2) is 42.5 Å². The summed E-state index contributed by atoms with van der Waals surface area (Å²) < 4.78 is 0. The molecule has 1 unspecified atom stereocenters. The number of fused-ring (bicyclic) bond motifs is 1. The van der Waals surface area contributed by atoms with Gasteiger partial charge in [-0.15, -0.1) is 0 Å². The predicted octanol–water partition coefficient (Wildman–Crippen LogP) is 2.94. The fourth-order valence-electron chi connectivity index (χ4n) is 2.36. The Hall–Kier alpha value is -1.87. The van der Waals surface area contributed by atoms with E-state index in [2.05, 4.69) is 12.2 Å². The van der Waals surface area contributed by atoms with Crippen LogP contribution in [0.1, 0.15) is 30.1 Å². The third kappa shape index (κ3) is 3.58. The summed E-state index contributed by atoms with van der Waals surface area (Å²) in [5.74, 6) is 0.454. The number of benzene rings is 2. The zero-order chi connectivity index (χ0) is 14.4. The Morgan fingerprint density at radius 2 is 1.95 bits per heavy atom. The molecule has 3 nitrogen and oxygen atoms in total. The monoisotopic (exact) mass is 270 g/mol. The number of nitrogens with two attached hydrogens (primary N) is 1. The van der Waals surface area contributed by atoms with Gasteiger partial charge < -0.3 is 11.1 Å². The van der Waals surface area contributed by atoms with Gasteiger partial charge in [0.1, 0.15) is 0 Å². The highest BCUT2D eigenvalue weighted by Crippen LogP contribution is 2.15. The van der Waals surface area contributed by atoms with Gasteiger partial charge in [0, 0.05) is 12.1 Å². The van der Waals surface area contributed by atoms with Crippen LogP contribution < -0.4 is 11.1 Å². The molecule has 0 aliphatic rings. The Balaban J connectivity index is 2.03. The number of hydrogen-bond donors (Lipinski definition) is 2. The second kappa shape index (κ2) is 7.06. The average Bonchev–Trinajstić information content (AvgIpc) is 2.50. The van der Waals surface area contributed by atoms with Crippen LogP contribution in [0.5, 0.6) is 0 Å². The van der Waals surface area contributed by atoms with Crippen molar-refractivity contribution in [3.63, 3.8) is 0 Å². The van der Waals surface area contributed by atoms with Gasteiger partial charge in [0.2, 0.25) is 0 Å². The second-order valence-electron chi connectivity index (χ2n) is 5.12. The van der Waals surface area contributed by atoms with E-state index in [0.717, 1.165) is 23.6 Å². The molecule has 0 bridgehead atoms. The van der Waals surface area contributed by atoms with E-state index in [9.17, 15) is 4.79 Å². The summed E-state index contributed by atoms with van der Waals surface area (Å²) in [6.07, 6.45) is 1.99. The van der Waals surface area contributed by atoms with Crippen LogP contribution in [-0.2, 0) is 0 Å². The van der Waals surface area contributed by atoms with Gasteiger partial charge in [-0.2, -0.15) is 0 Å². The van der Waals surface area contributed by atoms with E-state index in [0.29, 0.717) is 24.6 Å². The molecule has 3 heteroatoms. The van der Waals surface area contributed by atoms with Crippen LogP contribution in [0.3, 0.4) is 0 Å². The normalized spacial score (nSPS) is 12.3. The standard InChI is InChI=1S/C17H22N2O/c1-2-13(9-10-18)12-19-17(20)16-8-7-14-5-3-4-6-15(14)11-16/h3-8,11,13H,2,9-10,12,18H2,1H3,(H,19,20). The summed E-state index contributed by atoms with van der Waals surface area (Å²) in [5.41, 5.74) is 6.29. The minimum atomic E-state index is -0.00813. The van der Waals surface area contributed by atoms with Crippen molar-refractivity contribution in [1.29, 1.82) is 0 Å². The highest BCUT2D eigenvalue weighted by atomic mass is 16.1. The Kier molecular flexibility index (Phi) is 5.13. The average molecular weight is 270 g/mol. The van der Waals surface area contributed by atoms with Crippen molar-refractivity contribution in [2.24, 2.45) is 11.7 Å². The van der Waals surface area contributed by atoms with Gasteiger partial charge >= 0.3 is 0 Å². The number of carbonyl (C=O) groups is 1. The lowest BCUT2D eigenvalue weighted by atomic mass is 10.0. The first-order chi connectivity index (χ1) is 9.74. The SMILES string of the molecule is CCC(CCN)CNC(=O)c1ccc2ccccc2c1. The molecule has 0 fully saturated rings. The van der Waals surface area contributed by atoms with Crippen LogP contribution in [0, 0.1) is 5.92 Å². The molecule has 1 atom stereocenters. The number of carbonyl (C=O) groups excluding carboxylic acids is 1. The van der Waals surface area contributed by atoms with Gasteiger partial charge in [-0.05, 0) is 41.8 Å². The number of hydrogen-bond acceptors (Lipinski definition) is 2. The first-order valence-corrected chi connectivity index (χ1v) is 7.21. The van der Waals surface area contributed by atoms with E-state index in [1.165, 1.54) is 0 Å². The van der Waals surface area contributed by atoms with Crippen LogP contribution >= 0.6 is 0 Å². The maximum Gasteiger partial charge on any atom is 0.251 e. The summed E-state index contributed by atoms with van der Waals surface area (Å²) in [6, 6.07) is 13.9. The molecule has 20 heavy (non-hydrogen) atoms. The van der Waals surface area contributed by atoms with Crippen molar-refractivity contribution in [1.82, 2.24) is 5.32 Å². The maximum atomic E-state index is 12.2. The number of nitrogens with one attached hydrogen (secondary N) is 1. The lowest BCUT2D eigenvalue weighted by Crippen LogP contribution is -2.30. The summed E-state index contributed by atoms with van der Waals surface area (Å²) in [7, 11) is 0. The van der Waals surface area contributed by atoms with Gasteiger partial charge in [0.25, 0.3) is 5.91 Å². The highest BCUT2D eigenvalue weighted by molar-refractivity contribution is 5.98. The van der Waals surface area contributed by atoms with E-state index >= 15 is 0 Å². The van der Waals surface area contributed by atoms with Crippen molar-refractivity contribution in [3.8, 4) is 0 Å². The van der Waals surface area contributed by atoms with Crippen molar-refractivity contribution in [2.75, 3.05) is 13.1 Å². The number of rotatable bonds is 6. The Morgan fingerprint density at radius 1 is 1.20 bits per heavy atom. The van der Waals surface area contributed by atoms with Gasteiger partial charge in [0.15, 0.2) is 0 Å². The highest BCUT2D eigenvalue weighted by Gasteiger charge is 2.10. The third-order valence-electron chi connectivity index (χ3n) is 3.72. The first-order valence-electron chi connectivity index (χ1n) is 7.21. The molecule has 0 heterocycles. The molecule has 0 aliphatic carbocycles. The molecule has 0 aromatic heterocycles. The van der Waals surface area contributed by atoms with Crippen LogP contribution in [-0.4, -0.2) is 19.0 Å². The third-order valence-corrected chi connectivity index (χ3v) is 3.72. The fourth-order valence-corrected chi connectivity index (χ4v) is 2.36. The maximum absolute atomic E-state index is 12.2. The Morgan fingerprint density at radius 3 is 2.65 bits per heavy atom. The largest absolute Gasteiger partial charge is 0.352 e. The van der Waals surface area contributed by atoms with E-state index in [1.807, 2.05) is 42.5 Å². The summed E-state index contributed by atoms with van der Waals surface area (Å²) >= 11 is 0. The van der Waals surface area contributed by atoms with E-state index in [1.54, 1.807) is 0 Å². The molecule has 0 saturated carbocycles. The van der Waals surface area contributed by atoms with Gasteiger partial charge in [-0.25, -0.2) is 0 Å². The van der Waals surface area contributed by atoms with Crippen molar-refractivity contribution in [3.05, 3.63) is 48.0 Å². The molecule has 106 valence electrons. The summed E-state index contributed by atoms with van der Waals surface area (Å²) in [5, 5.41) is 5.25. The Labute approximate surface area is 120 Å². The first kappa shape index (κ1) is 14.5. The van der Waals surface area contributed by atoms with Crippen LogP contribution in [0.2, 0.25) is 0 Å². The van der Waals surface area contributed by atoms with Crippen molar-refractivity contribution >= 4 is 16.7 Å². The molecule has 0 saturated heterocycles. The molecular formula is C17H22N2O. The molecule has 2 aromatic rings. The predicted molar refractivity (Wildman–Crippen MR) is 83.7 cm³/mol. The van der Waals surface area contributed by atoms with Crippen LogP contribution in [0.25, 0.3) is 10.8 Å². The zero-order valence-electron chi connectivity index (χ0n) is 11.9. The van der Waals surface area contributed by atoms with Gasteiger partial charge in [0.05, 0.1) is 0 Å². The molecule has 0 spiro atoms. The topological polar surface area (TPSA) is 55.1 Å². The lowest BCUT2D eigenvalue weighted by Gasteiger charge is -2.14. The molecular weight excluding hydrogens is 248 g/mol.